The number of unbranched alkanes of at least 4 members (excludes halogenated alkanes) is 1. The van der Waals surface area contributed by atoms with Gasteiger partial charge in [-0.25, -0.2) is 4.67 Å². The fraction of sp³-hybridized carbons (Fsp3) is 0.771. The first-order valence-corrected chi connectivity index (χ1v) is 27.2. The average molecular weight is 1090 g/mol. The third-order valence-corrected chi connectivity index (χ3v) is 13.2. The quantitative estimate of drug-likeness (QED) is 0.0465. The summed E-state index contributed by atoms with van der Waals surface area (Å²) in [6, 6.07) is 2.38. The second kappa shape index (κ2) is 39.3. The molecule has 27 nitrogen and oxygen atoms in total. The van der Waals surface area contributed by atoms with E-state index in [1.54, 1.807) is 53.8 Å². The van der Waals surface area contributed by atoms with Gasteiger partial charge in [0.2, 0.25) is 23.6 Å². The van der Waals surface area contributed by atoms with Crippen LogP contribution < -0.4 is 21.3 Å². The van der Waals surface area contributed by atoms with Crippen molar-refractivity contribution in [1.82, 2.24) is 70.9 Å². The Morgan fingerprint density at radius 2 is 0.934 bits per heavy atom. The van der Waals surface area contributed by atoms with Crippen molar-refractivity contribution in [3.05, 3.63) is 35.7 Å². The van der Waals surface area contributed by atoms with Crippen molar-refractivity contribution in [2.24, 2.45) is 21.1 Å². The summed E-state index contributed by atoms with van der Waals surface area (Å²) in [4.78, 5) is 54.0. The standard InChI is InChI=1S/C48H84N15O12P/c1-39(2)63(40(3)4)76(75-23-10-18-49)74-22-9-8-11-47(67)53-48(15-12-44(64)50-19-24-68-27-30-71-36-41-33-60(5)57-54-41,16-13-45(65)51-20-25-69-28-31-72-37-42-34-61(6)58-55-42)17-14-46(66)52-21-26-70-29-32-73-38-43-35-62(7)59-56-43/h33-35,39-40H,8-17,19-32,36-38H2,1-7H3,(H,50,64)(H,51,65)(H,52,66)(H,53,67). The number of aryl methyl sites for hydroxylation is 3. The summed E-state index contributed by atoms with van der Waals surface area (Å²) in [7, 11) is 3.89. The molecule has 0 aliphatic rings. The van der Waals surface area contributed by atoms with Gasteiger partial charge in [0.1, 0.15) is 17.1 Å². The Labute approximate surface area is 448 Å². The summed E-state index contributed by atoms with van der Waals surface area (Å²) in [5, 5.41) is 44.5. The van der Waals surface area contributed by atoms with Crippen LogP contribution >= 0.6 is 8.53 Å². The van der Waals surface area contributed by atoms with Crippen LogP contribution in [0.25, 0.3) is 0 Å². The summed E-state index contributed by atoms with van der Waals surface area (Å²) < 4.78 is 52.8. The number of carbonyl (C=O) groups is 4. The van der Waals surface area contributed by atoms with Crippen LogP contribution in [0.2, 0.25) is 0 Å². The molecule has 0 aliphatic carbocycles. The van der Waals surface area contributed by atoms with Gasteiger partial charge in [0.25, 0.3) is 8.53 Å². The third kappa shape index (κ3) is 30.0. The van der Waals surface area contributed by atoms with Crippen molar-refractivity contribution in [2.45, 2.75) is 129 Å². The van der Waals surface area contributed by atoms with Gasteiger partial charge in [-0.1, -0.05) is 15.6 Å². The lowest BCUT2D eigenvalue weighted by atomic mass is 9.83. The molecule has 0 spiro atoms. The number of ether oxygens (including phenoxy) is 6. The van der Waals surface area contributed by atoms with Crippen molar-refractivity contribution in [1.29, 1.82) is 5.26 Å². The number of nitrogens with one attached hydrogen (secondary N) is 4. The number of nitrogens with zero attached hydrogens (tertiary/aromatic N) is 11. The van der Waals surface area contributed by atoms with E-state index in [1.807, 2.05) is 0 Å². The van der Waals surface area contributed by atoms with E-state index in [0.29, 0.717) is 96.0 Å². The third-order valence-electron chi connectivity index (χ3n) is 11.1. The molecule has 3 aromatic rings. The molecule has 0 aliphatic heterocycles. The average Bonchev–Trinajstić information content (AvgIpc) is 4.13. The molecular weight excluding hydrogens is 1010 g/mol. The topological polar surface area (TPSA) is 309 Å². The van der Waals surface area contributed by atoms with E-state index >= 15 is 0 Å². The minimum Gasteiger partial charge on any atom is -0.377 e. The minimum absolute atomic E-state index is 0.00432. The highest BCUT2D eigenvalue weighted by atomic mass is 31.2. The molecule has 0 fully saturated rings. The SMILES string of the molecule is CC(C)N(C(C)C)P(OCCC#N)OCCCCC(=O)NC(CCC(=O)NCCOCCOCc1cn(C)nn1)(CCC(=O)NCCOCCOCc1cn(C)nn1)CCC(=O)NCCOCCOCc1cn(C)nn1. The smallest absolute Gasteiger partial charge is 0.259 e. The Morgan fingerprint density at radius 1 is 0.553 bits per heavy atom. The molecule has 3 rings (SSSR count). The largest absolute Gasteiger partial charge is 0.377 e. The van der Waals surface area contributed by atoms with Crippen LogP contribution in [0.15, 0.2) is 18.6 Å². The summed E-state index contributed by atoms with van der Waals surface area (Å²) in [6.45, 7) is 13.1. The molecule has 28 heteroatoms. The van der Waals surface area contributed by atoms with Crippen LogP contribution in [0, 0.1) is 11.3 Å². The second-order valence-corrected chi connectivity index (χ2v) is 19.8. The first-order valence-electron chi connectivity index (χ1n) is 26.0. The molecule has 4 N–H and O–H groups in total. The minimum atomic E-state index is -1.44. The lowest BCUT2D eigenvalue weighted by Crippen LogP contribution is -2.50. The summed E-state index contributed by atoms with van der Waals surface area (Å²) in [5.74, 6) is -1.14. The molecule has 3 heterocycles. The van der Waals surface area contributed by atoms with Gasteiger partial charge in [-0.15, -0.1) is 15.3 Å². The molecule has 0 radical (unpaired) electrons. The molecular formula is C48H84N15O12P. The molecule has 1 atom stereocenters. The summed E-state index contributed by atoms with van der Waals surface area (Å²) >= 11 is 0. The molecule has 3 aromatic heterocycles. The lowest BCUT2D eigenvalue weighted by Gasteiger charge is -2.35. The first-order chi connectivity index (χ1) is 36.7. The maximum atomic E-state index is 13.9. The molecule has 0 saturated carbocycles. The number of amides is 4. The van der Waals surface area contributed by atoms with Gasteiger partial charge in [0.15, 0.2) is 0 Å². The predicted molar refractivity (Wildman–Crippen MR) is 277 cm³/mol. The molecule has 4 amide bonds. The van der Waals surface area contributed by atoms with E-state index in [9.17, 15) is 19.2 Å². The van der Waals surface area contributed by atoms with E-state index < -0.39 is 14.1 Å². The van der Waals surface area contributed by atoms with Gasteiger partial charge in [0.05, 0.1) is 124 Å². The normalized spacial score (nSPS) is 12.1. The van der Waals surface area contributed by atoms with Crippen molar-refractivity contribution in [3.63, 3.8) is 0 Å². The summed E-state index contributed by atoms with van der Waals surface area (Å²) in [6.07, 6.45) is 7.09. The fourth-order valence-corrected chi connectivity index (χ4v) is 9.08. The van der Waals surface area contributed by atoms with E-state index in [-0.39, 0.29) is 133 Å². The number of hydrogen-bond acceptors (Lipinski definition) is 20. The number of aromatic nitrogens is 9. The summed E-state index contributed by atoms with van der Waals surface area (Å²) in [5.41, 5.74) is 0.989. The Bertz CT molecular complexity index is 1920. The highest BCUT2D eigenvalue weighted by molar-refractivity contribution is 7.44. The maximum Gasteiger partial charge on any atom is 0.259 e. The highest BCUT2D eigenvalue weighted by Crippen LogP contribution is 2.46. The zero-order chi connectivity index (χ0) is 55.2. The Hall–Kier alpha value is -5.14. The van der Waals surface area contributed by atoms with Gasteiger partial charge in [-0.05, 0) is 59.8 Å². The van der Waals surface area contributed by atoms with E-state index in [2.05, 4.69) is 90.6 Å². The second-order valence-electron chi connectivity index (χ2n) is 18.4. The zero-order valence-corrected chi connectivity index (χ0v) is 46.6. The van der Waals surface area contributed by atoms with Crippen molar-refractivity contribution in [3.8, 4) is 6.07 Å². The molecule has 428 valence electrons. The fourth-order valence-electron chi connectivity index (χ4n) is 7.45. The monoisotopic (exact) mass is 1090 g/mol. The van der Waals surface area contributed by atoms with Crippen LogP contribution in [-0.4, -0.2) is 183 Å². The van der Waals surface area contributed by atoms with E-state index in [0.717, 1.165) is 0 Å². The van der Waals surface area contributed by atoms with Gasteiger partial charge < -0.3 is 58.7 Å². The van der Waals surface area contributed by atoms with Crippen LogP contribution in [0.4, 0.5) is 0 Å². The molecule has 0 aromatic carbocycles. The van der Waals surface area contributed by atoms with E-state index in [4.69, 9.17) is 42.7 Å². The van der Waals surface area contributed by atoms with Gasteiger partial charge in [-0.3, -0.25) is 33.2 Å². The maximum absolute atomic E-state index is 13.9. The zero-order valence-electron chi connectivity index (χ0n) is 45.7. The number of carbonyl (C=O) groups excluding carboxylic acids is 4. The van der Waals surface area contributed by atoms with Crippen LogP contribution in [-0.2, 0) is 97.6 Å². The van der Waals surface area contributed by atoms with Gasteiger partial charge in [-0.2, -0.15) is 5.26 Å². The van der Waals surface area contributed by atoms with Crippen molar-refractivity contribution < 1.29 is 56.6 Å². The highest BCUT2D eigenvalue weighted by Gasteiger charge is 2.34. The number of rotatable bonds is 46. The number of hydrogen-bond donors (Lipinski definition) is 4. The van der Waals surface area contributed by atoms with Gasteiger partial charge in [0, 0.05) is 84.1 Å². The van der Waals surface area contributed by atoms with Crippen molar-refractivity contribution in [2.75, 3.05) is 92.3 Å². The van der Waals surface area contributed by atoms with Crippen LogP contribution in [0.3, 0.4) is 0 Å². The Kier molecular flexibility index (Phi) is 33.6. The van der Waals surface area contributed by atoms with E-state index in [1.165, 1.54) is 0 Å². The van der Waals surface area contributed by atoms with Crippen LogP contribution in [0.5, 0.6) is 0 Å². The number of nitriles is 1. The van der Waals surface area contributed by atoms with Gasteiger partial charge >= 0.3 is 0 Å². The molecule has 0 saturated heterocycles. The molecule has 1 unspecified atom stereocenters. The van der Waals surface area contributed by atoms with Crippen molar-refractivity contribution >= 4 is 32.2 Å². The van der Waals surface area contributed by atoms with Crippen LogP contribution in [0.1, 0.15) is 109 Å². The predicted octanol–water partition coefficient (Wildman–Crippen LogP) is 2.08. The molecule has 0 bridgehead atoms. The molecule has 76 heavy (non-hydrogen) atoms. The lowest BCUT2D eigenvalue weighted by molar-refractivity contribution is -0.127. The Morgan fingerprint density at radius 3 is 1.29 bits per heavy atom. The first kappa shape index (κ1) is 65.1. The Balaban J connectivity index is 1.61.